The summed E-state index contributed by atoms with van der Waals surface area (Å²) in [5.74, 6) is 2.56. The summed E-state index contributed by atoms with van der Waals surface area (Å²) >= 11 is 0. The second-order valence-electron chi connectivity index (χ2n) is 7.06. The highest BCUT2D eigenvalue weighted by Crippen LogP contribution is 2.69. The zero-order valence-corrected chi connectivity index (χ0v) is 10.2. The third-order valence-electron chi connectivity index (χ3n) is 5.63. The third-order valence-corrected chi connectivity index (χ3v) is 5.63. The fraction of sp³-hybridized carbons (Fsp3) is 0.929. The van der Waals surface area contributed by atoms with Crippen molar-refractivity contribution in [1.82, 2.24) is 0 Å². The Morgan fingerprint density at radius 3 is 2.73 bits per heavy atom. The lowest BCUT2D eigenvalue weighted by atomic mass is 9.69. The van der Waals surface area contributed by atoms with E-state index in [0.717, 1.165) is 18.3 Å². The fourth-order valence-electron chi connectivity index (χ4n) is 5.29. The van der Waals surface area contributed by atoms with Crippen LogP contribution in [0.2, 0.25) is 0 Å². The van der Waals surface area contributed by atoms with Crippen LogP contribution >= 0.6 is 0 Å². The van der Waals surface area contributed by atoms with Crippen LogP contribution in [0.3, 0.4) is 0 Å². The van der Waals surface area contributed by atoms with E-state index in [1.165, 1.54) is 25.7 Å². The van der Waals surface area contributed by atoms with Gasteiger partial charge in [-0.05, 0) is 48.3 Å². The first-order valence-corrected chi connectivity index (χ1v) is 6.48. The van der Waals surface area contributed by atoms with Crippen LogP contribution in [0.1, 0.15) is 52.9 Å². The molecule has 0 N–H and O–H groups in total. The van der Waals surface area contributed by atoms with Crippen LogP contribution in [0.25, 0.3) is 0 Å². The molecule has 0 radical (unpaired) electrons. The number of ketones is 1. The van der Waals surface area contributed by atoms with Crippen molar-refractivity contribution in [2.45, 2.75) is 52.9 Å². The minimum absolute atomic E-state index is 0.431. The van der Waals surface area contributed by atoms with E-state index in [0.29, 0.717) is 22.5 Å². The lowest BCUT2D eigenvalue weighted by Crippen LogP contribution is -2.31. The molecule has 4 atom stereocenters. The van der Waals surface area contributed by atoms with Gasteiger partial charge in [0, 0.05) is 12.3 Å². The summed E-state index contributed by atoms with van der Waals surface area (Å²) in [4.78, 5) is 12.0. The summed E-state index contributed by atoms with van der Waals surface area (Å²) in [5, 5.41) is 0. The SMILES string of the molecule is C[C@H]1CC[C@H]2C(=O)C[C@@H]3CC(C)(C)CC312. The van der Waals surface area contributed by atoms with E-state index in [9.17, 15) is 4.79 Å². The molecule has 3 aliphatic carbocycles. The highest BCUT2D eigenvalue weighted by molar-refractivity contribution is 5.85. The van der Waals surface area contributed by atoms with Crippen molar-refractivity contribution in [3.05, 3.63) is 0 Å². The molecule has 3 aliphatic rings. The Morgan fingerprint density at radius 1 is 1.27 bits per heavy atom. The summed E-state index contributed by atoms with van der Waals surface area (Å²) in [6.07, 6.45) is 5.98. The van der Waals surface area contributed by atoms with Crippen molar-refractivity contribution < 1.29 is 4.79 Å². The van der Waals surface area contributed by atoms with E-state index in [1.807, 2.05) is 0 Å². The molecule has 0 aliphatic heterocycles. The normalized spacial score (nSPS) is 51.9. The van der Waals surface area contributed by atoms with Crippen LogP contribution in [-0.2, 0) is 4.79 Å². The zero-order chi connectivity index (χ0) is 10.8. The second-order valence-corrected chi connectivity index (χ2v) is 7.06. The van der Waals surface area contributed by atoms with Gasteiger partial charge in [0.2, 0.25) is 0 Å². The zero-order valence-electron chi connectivity index (χ0n) is 10.2. The lowest BCUT2D eigenvalue weighted by molar-refractivity contribution is -0.122. The second kappa shape index (κ2) is 2.67. The first-order valence-electron chi connectivity index (χ1n) is 6.48. The summed E-state index contributed by atoms with van der Waals surface area (Å²) in [6.45, 7) is 7.19. The first kappa shape index (κ1) is 9.86. The molecule has 0 aromatic heterocycles. The van der Waals surface area contributed by atoms with Crippen LogP contribution < -0.4 is 0 Å². The van der Waals surface area contributed by atoms with Crippen LogP contribution in [0.4, 0.5) is 0 Å². The molecule has 0 heterocycles. The maximum atomic E-state index is 12.0. The average molecular weight is 206 g/mol. The largest absolute Gasteiger partial charge is 0.299 e. The van der Waals surface area contributed by atoms with Gasteiger partial charge in [-0.2, -0.15) is 0 Å². The van der Waals surface area contributed by atoms with Crippen LogP contribution in [-0.4, -0.2) is 5.78 Å². The first-order chi connectivity index (χ1) is 6.96. The van der Waals surface area contributed by atoms with Crippen molar-refractivity contribution in [1.29, 1.82) is 0 Å². The van der Waals surface area contributed by atoms with Gasteiger partial charge in [-0.1, -0.05) is 20.8 Å². The van der Waals surface area contributed by atoms with Crippen LogP contribution in [0.5, 0.6) is 0 Å². The molecule has 3 fully saturated rings. The van der Waals surface area contributed by atoms with Crippen molar-refractivity contribution in [2.24, 2.45) is 28.6 Å². The molecule has 1 heteroatoms. The van der Waals surface area contributed by atoms with Gasteiger partial charge in [-0.15, -0.1) is 0 Å². The van der Waals surface area contributed by atoms with Crippen molar-refractivity contribution in [3.63, 3.8) is 0 Å². The predicted molar refractivity (Wildman–Crippen MR) is 60.5 cm³/mol. The van der Waals surface area contributed by atoms with Crippen molar-refractivity contribution in [2.75, 3.05) is 0 Å². The Labute approximate surface area is 92.6 Å². The highest BCUT2D eigenvalue weighted by Gasteiger charge is 2.65. The minimum atomic E-state index is 0.431. The molecule has 1 spiro atoms. The highest BCUT2D eigenvalue weighted by atomic mass is 16.1. The Kier molecular flexibility index (Phi) is 1.76. The number of rotatable bonds is 0. The Bertz CT molecular complexity index is 317. The summed E-state index contributed by atoms with van der Waals surface area (Å²) in [5.41, 5.74) is 0.919. The topological polar surface area (TPSA) is 17.1 Å². The number of hydrogen-bond acceptors (Lipinski definition) is 1. The molecular formula is C14H22O. The van der Waals surface area contributed by atoms with Gasteiger partial charge in [0.15, 0.2) is 0 Å². The summed E-state index contributed by atoms with van der Waals surface area (Å²) in [7, 11) is 0. The maximum Gasteiger partial charge on any atom is 0.136 e. The molecule has 3 saturated carbocycles. The number of hydrogen-bond donors (Lipinski definition) is 0. The molecule has 0 aromatic rings. The van der Waals surface area contributed by atoms with E-state index in [4.69, 9.17) is 0 Å². The van der Waals surface area contributed by atoms with E-state index in [-0.39, 0.29) is 0 Å². The molecule has 1 nitrogen and oxygen atoms in total. The number of Topliss-reactive ketones (excluding diaryl/α,β-unsaturated/α-hetero) is 1. The fourth-order valence-corrected chi connectivity index (χ4v) is 5.29. The van der Waals surface area contributed by atoms with Gasteiger partial charge in [-0.3, -0.25) is 4.79 Å². The van der Waals surface area contributed by atoms with Gasteiger partial charge in [-0.25, -0.2) is 0 Å². The van der Waals surface area contributed by atoms with Gasteiger partial charge in [0.05, 0.1) is 0 Å². The summed E-state index contributed by atoms with van der Waals surface area (Å²) < 4.78 is 0. The Balaban J connectivity index is 2.04. The van der Waals surface area contributed by atoms with E-state index in [1.54, 1.807) is 0 Å². The number of carbonyl (C=O) groups excluding carboxylic acids is 1. The molecule has 0 aromatic carbocycles. The summed E-state index contributed by atoms with van der Waals surface area (Å²) in [6, 6.07) is 0. The molecular weight excluding hydrogens is 184 g/mol. The smallest absolute Gasteiger partial charge is 0.136 e. The minimum Gasteiger partial charge on any atom is -0.299 e. The third kappa shape index (κ3) is 1.07. The molecule has 0 saturated heterocycles. The molecule has 0 bridgehead atoms. The van der Waals surface area contributed by atoms with Gasteiger partial charge in [0.25, 0.3) is 0 Å². The van der Waals surface area contributed by atoms with Crippen molar-refractivity contribution >= 4 is 5.78 Å². The predicted octanol–water partition coefficient (Wildman–Crippen LogP) is 3.43. The standard InChI is InChI=1S/C14H22O/c1-9-4-5-11-12(15)6-10-7-13(2,3)8-14(9,10)11/h9-11H,4-8H2,1-3H3/t9-,10+,11-,14?/m0/s1. The van der Waals surface area contributed by atoms with Gasteiger partial charge >= 0.3 is 0 Å². The van der Waals surface area contributed by atoms with E-state index >= 15 is 0 Å². The quantitative estimate of drug-likeness (QED) is 0.593. The van der Waals surface area contributed by atoms with Crippen molar-refractivity contribution in [3.8, 4) is 0 Å². The van der Waals surface area contributed by atoms with E-state index < -0.39 is 0 Å². The number of carbonyl (C=O) groups is 1. The monoisotopic (exact) mass is 206 g/mol. The molecule has 1 unspecified atom stereocenters. The van der Waals surface area contributed by atoms with E-state index in [2.05, 4.69) is 20.8 Å². The molecule has 0 amide bonds. The molecule has 3 rings (SSSR count). The Hall–Kier alpha value is -0.330. The Morgan fingerprint density at radius 2 is 2.00 bits per heavy atom. The maximum absolute atomic E-state index is 12.0. The molecule has 15 heavy (non-hydrogen) atoms. The van der Waals surface area contributed by atoms with Crippen LogP contribution in [0.15, 0.2) is 0 Å². The van der Waals surface area contributed by atoms with Gasteiger partial charge < -0.3 is 0 Å². The van der Waals surface area contributed by atoms with Crippen LogP contribution in [0, 0.1) is 28.6 Å². The van der Waals surface area contributed by atoms with Gasteiger partial charge in [0.1, 0.15) is 5.78 Å². The average Bonchev–Trinajstić information content (AvgIpc) is 2.61. The molecule has 84 valence electrons. The lowest BCUT2D eigenvalue weighted by Gasteiger charge is -2.34.